The second-order valence-electron chi connectivity index (χ2n) is 9.03. The topological polar surface area (TPSA) is 109 Å². The summed E-state index contributed by atoms with van der Waals surface area (Å²) in [6, 6.07) is 1.62. The summed E-state index contributed by atoms with van der Waals surface area (Å²) in [5, 5.41) is 23.2. The van der Waals surface area contributed by atoms with Crippen LogP contribution in [0.5, 0.6) is 0 Å². The Labute approximate surface area is 177 Å². The van der Waals surface area contributed by atoms with E-state index in [-0.39, 0.29) is 35.4 Å². The van der Waals surface area contributed by atoms with Gasteiger partial charge in [-0.3, -0.25) is 0 Å². The summed E-state index contributed by atoms with van der Waals surface area (Å²) in [6.07, 6.45) is 4.40. The van der Waals surface area contributed by atoms with Crippen molar-refractivity contribution in [2.45, 2.75) is 82.2 Å². The average molecular weight is 424 g/mol. The third-order valence-corrected chi connectivity index (χ3v) is 6.70. The molecule has 2 saturated heterocycles. The Morgan fingerprint density at radius 1 is 1.40 bits per heavy atom. The lowest BCUT2D eigenvalue weighted by Gasteiger charge is -2.43. The van der Waals surface area contributed by atoms with E-state index in [1.807, 2.05) is 0 Å². The van der Waals surface area contributed by atoms with Gasteiger partial charge in [-0.1, -0.05) is 11.6 Å². The highest BCUT2D eigenvalue weighted by Gasteiger charge is 2.72. The molecule has 2 aliphatic heterocycles. The molecule has 1 aromatic rings. The number of aliphatic hydroxyl groups excluding tert-OH is 2. The highest BCUT2D eigenvalue weighted by molar-refractivity contribution is 5.20. The fourth-order valence-corrected chi connectivity index (χ4v) is 4.96. The summed E-state index contributed by atoms with van der Waals surface area (Å²) in [6.45, 7) is 6.98. The van der Waals surface area contributed by atoms with Gasteiger partial charge in [0.1, 0.15) is 11.8 Å². The van der Waals surface area contributed by atoms with Crippen LogP contribution in [0.15, 0.2) is 34.7 Å². The van der Waals surface area contributed by atoms with E-state index in [1.54, 1.807) is 13.2 Å². The van der Waals surface area contributed by atoms with Crippen molar-refractivity contribution in [2.75, 3.05) is 13.7 Å². The second kappa shape index (κ2) is 8.35. The van der Waals surface area contributed by atoms with E-state index in [2.05, 4.69) is 32.2 Å². The Balaban J connectivity index is 1.43. The molecule has 1 spiro atoms. The number of aliphatic hydroxyl groups is 2. The maximum absolute atomic E-state index is 10.4. The van der Waals surface area contributed by atoms with Gasteiger partial charge in [-0.15, -0.1) is 0 Å². The van der Waals surface area contributed by atoms with Crippen LogP contribution in [0.2, 0.25) is 0 Å². The molecule has 8 heteroatoms. The Bertz CT molecular complexity index is 743. The molecular weight excluding hydrogens is 390 g/mol. The molecule has 0 bridgehead atoms. The van der Waals surface area contributed by atoms with Crippen LogP contribution < -0.4 is 5.32 Å². The molecule has 8 nitrogen and oxygen atoms in total. The number of furan rings is 1. The molecule has 0 aromatic carbocycles. The molecule has 8 atom stereocenters. The van der Waals surface area contributed by atoms with Crippen LogP contribution in [0.3, 0.4) is 0 Å². The maximum atomic E-state index is 10.4. The number of allylic oxidation sites excluding steroid dienone is 1. The van der Waals surface area contributed by atoms with Gasteiger partial charge in [0.05, 0.1) is 49.0 Å². The minimum atomic E-state index is -1.36. The summed E-state index contributed by atoms with van der Waals surface area (Å²) in [4.78, 5) is 0. The first-order valence-electron chi connectivity index (χ1n) is 10.6. The van der Waals surface area contributed by atoms with Gasteiger partial charge in [0.2, 0.25) is 6.41 Å². The van der Waals surface area contributed by atoms with E-state index in [9.17, 15) is 10.2 Å². The van der Waals surface area contributed by atoms with E-state index in [1.165, 1.54) is 18.1 Å². The van der Waals surface area contributed by atoms with Crippen molar-refractivity contribution in [1.82, 2.24) is 5.32 Å². The summed E-state index contributed by atoms with van der Waals surface area (Å²) in [5.41, 5.74) is 1.17. The first-order chi connectivity index (χ1) is 14.3. The zero-order valence-corrected chi connectivity index (χ0v) is 18.0. The van der Waals surface area contributed by atoms with Crippen molar-refractivity contribution < 1.29 is 33.6 Å². The second-order valence-corrected chi connectivity index (χ2v) is 9.03. The summed E-state index contributed by atoms with van der Waals surface area (Å²) in [5.74, 6) is -0.00434. The molecule has 1 aromatic heterocycles. The molecule has 3 N–H and O–H groups in total. The van der Waals surface area contributed by atoms with E-state index >= 15 is 0 Å². The van der Waals surface area contributed by atoms with Crippen LogP contribution in [0.25, 0.3) is 0 Å². The molecule has 0 radical (unpaired) electrons. The normalized spacial score (nSPS) is 39.5. The number of hydrogen-bond donors (Lipinski definition) is 3. The fraction of sp³-hybridized carbons (Fsp3) is 0.727. The number of hydrogen-bond acceptors (Lipinski definition) is 8. The van der Waals surface area contributed by atoms with Crippen molar-refractivity contribution in [3.8, 4) is 0 Å². The molecule has 0 amide bonds. The van der Waals surface area contributed by atoms with Gasteiger partial charge in [-0.25, -0.2) is 5.32 Å². The predicted octanol–water partition coefficient (Wildman–Crippen LogP) is 2.23. The molecule has 3 heterocycles. The first-order valence-corrected chi connectivity index (χ1v) is 10.6. The monoisotopic (exact) mass is 423 g/mol. The van der Waals surface area contributed by atoms with Gasteiger partial charge in [0.15, 0.2) is 0 Å². The van der Waals surface area contributed by atoms with Gasteiger partial charge in [0, 0.05) is 12.7 Å². The zero-order valence-electron chi connectivity index (χ0n) is 18.0. The smallest absolute Gasteiger partial charge is 0.216 e. The number of rotatable bonds is 9. The molecule has 3 fully saturated rings. The molecule has 168 valence electrons. The summed E-state index contributed by atoms with van der Waals surface area (Å²) < 4.78 is 28.8. The Morgan fingerprint density at radius 3 is 2.77 bits per heavy atom. The molecular formula is C22H33NO7. The van der Waals surface area contributed by atoms with Crippen LogP contribution in [-0.2, 0) is 18.9 Å². The summed E-state index contributed by atoms with van der Waals surface area (Å²) >= 11 is 0. The van der Waals surface area contributed by atoms with Crippen LogP contribution in [-0.4, -0.2) is 59.9 Å². The maximum Gasteiger partial charge on any atom is 0.216 e. The average Bonchev–Trinajstić information content (AvgIpc) is 3.52. The highest BCUT2D eigenvalue weighted by atomic mass is 16.7. The van der Waals surface area contributed by atoms with Crippen molar-refractivity contribution in [2.24, 2.45) is 5.92 Å². The van der Waals surface area contributed by atoms with E-state index in [4.69, 9.17) is 23.4 Å². The van der Waals surface area contributed by atoms with Crippen LogP contribution in [0.4, 0.5) is 0 Å². The van der Waals surface area contributed by atoms with Gasteiger partial charge in [0.25, 0.3) is 0 Å². The minimum Gasteiger partial charge on any atom is -0.472 e. The van der Waals surface area contributed by atoms with E-state index < -0.39 is 12.6 Å². The van der Waals surface area contributed by atoms with Crippen LogP contribution >= 0.6 is 0 Å². The van der Waals surface area contributed by atoms with Gasteiger partial charge >= 0.3 is 0 Å². The van der Waals surface area contributed by atoms with Crippen molar-refractivity contribution in [3.05, 3.63) is 35.8 Å². The lowest BCUT2D eigenvalue weighted by Crippen LogP contribution is -2.56. The molecule has 30 heavy (non-hydrogen) atoms. The number of ether oxygens (including phenoxy) is 4. The van der Waals surface area contributed by atoms with Gasteiger partial charge in [-0.05, 0) is 46.1 Å². The van der Waals surface area contributed by atoms with Crippen molar-refractivity contribution >= 4 is 0 Å². The zero-order chi connectivity index (χ0) is 21.5. The molecule has 8 unspecified atom stereocenters. The van der Waals surface area contributed by atoms with E-state index in [0.29, 0.717) is 18.6 Å². The first kappa shape index (κ1) is 22.0. The van der Waals surface area contributed by atoms with E-state index in [0.717, 1.165) is 12.8 Å². The predicted molar refractivity (Wildman–Crippen MR) is 107 cm³/mol. The quantitative estimate of drug-likeness (QED) is 0.315. The third kappa shape index (κ3) is 4.23. The largest absolute Gasteiger partial charge is 0.472 e. The minimum absolute atomic E-state index is 0.00434. The third-order valence-electron chi connectivity index (χ3n) is 6.70. The number of nitrogens with one attached hydrogen (secondary N) is 1. The SMILES string of the molecule is COC1C(OC(O)NC(O)c2ccoc2)CCC2(CO2)C1C1(C)OC1CC=C(C)C. The Hall–Kier alpha value is -1.26. The highest BCUT2D eigenvalue weighted by Crippen LogP contribution is 2.59. The Kier molecular flexibility index (Phi) is 6.11. The summed E-state index contributed by atoms with van der Waals surface area (Å²) in [7, 11) is 1.66. The van der Waals surface area contributed by atoms with Crippen molar-refractivity contribution in [1.29, 1.82) is 0 Å². The molecule has 1 saturated carbocycles. The molecule has 4 rings (SSSR count). The van der Waals surface area contributed by atoms with Gasteiger partial charge in [-0.2, -0.15) is 0 Å². The van der Waals surface area contributed by atoms with Gasteiger partial charge < -0.3 is 33.6 Å². The fourth-order valence-electron chi connectivity index (χ4n) is 4.96. The standard InChI is InChI=1S/C22H33NO7/c1-13(2)5-6-16-21(3,30-16)18-17(26-4)15(7-9-22(18)12-28-22)29-20(25)23-19(24)14-8-10-27-11-14/h5,8,10-11,15-20,23-25H,6-7,9,12H2,1-4H3. The Morgan fingerprint density at radius 2 is 2.17 bits per heavy atom. The molecule has 1 aliphatic carbocycles. The number of methoxy groups -OCH3 is 1. The lowest BCUT2D eigenvalue weighted by atomic mass is 9.68. The number of epoxide rings is 2. The van der Waals surface area contributed by atoms with Crippen LogP contribution in [0, 0.1) is 5.92 Å². The molecule has 3 aliphatic rings. The lowest BCUT2D eigenvalue weighted by molar-refractivity contribution is -0.224. The van der Waals surface area contributed by atoms with Crippen molar-refractivity contribution in [3.63, 3.8) is 0 Å². The van der Waals surface area contributed by atoms with Crippen LogP contribution in [0.1, 0.15) is 51.8 Å².